The molecule has 6 rings (SSSR count). The zero-order valence-electron chi connectivity index (χ0n) is 25.9. The normalized spacial score (nSPS) is 15.3. The van der Waals surface area contributed by atoms with Crippen molar-refractivity contribution in [2.75, 3.05) is 47.8 Å². The van der Waals surface area contributed by atoms with Crippen LogP contribution in [0.3, 0.4) is 0 Å². The number of anilines is 4. The van der Waals surface area contributed by atoms with Crippen molar-refractivity contribution < 1.29 is 12.8 Å². The number of fused-ring (bicyclic) bond motifs is 1. The van der Waals surface area contributed by atoms with Crippen LogP contribution in [0.25, 0.3) is 11.0 Å². The van der Waals surface area contributed by atoms with Crippen LogP contribution in [0.2, 0.25) is 0 Å². The van der Waals surface area contributed by atoms with Gasteiger partial charge in [0.25, 0.3) is 15.6 Å². The van der Waals surface area contributed by atoms with Crippen molar-refractivity contribution >= 4 is 44.1 Å². The number of nitrogens with zero attached hydrogens (tertiary/aromatic N) is 7. The van der Waals surface area contributed by atoms with Gasteiger partial charge in [0.05, 0.1) is 17.1 Å². The van der Waals surface area contributed by atoms with E-state index >= 15 is 4.39 Å². The van der Waals surface area contributed by atoms with Crippen molar-refractivity contribution in [2.24, 2.45) is 0 Å². The predicted octanol–water partition coefficient (Wildman–Crippen LogP) is 3.80. The third-order valence-corrected chi connectivity index (χ3v) is 9.82. The number of piperazine rings is 1. The molecule has 12 nitrogen and oxygen atoms in total. The van der Waals surface area contributed by atoms with E-state index in [-0.39, 0.29) is 46.3 Å². The summed E-state index contributed by atoms with van der Waals surface area (Å²) in [5.41, 5.74) is 1.33. The quantitative estimate of drug-likeness (QED) is 0.231. The smallest absolute Gasteiger partial charge is 0.276 e. The Labute approximate surface area is 266 Å². The van der Waals surface area contributed by atoms with Crippen LogP contribution in [0.1, 0.15) is 26.6 Å². The zero-order valence-corrected chi connectivity index (χ0v) is 26.7. The first kappa shape index (κ1) is 31.2. The van der Waals surface area contributed by atoms with Crippen molar-refractivity contribution in [3.8, 4) is 0 Å². The third-order valence-electron chi connectivity index (χ3n) is 8.11. The van der Waals surface area contributed by atoms with Crippen molar-refractivity contribution in [3.05, 3.63) is 95.2 Å². The Balaban J connectivity index is 1.39. The molecule has 2 N–H and O–H groups in total. The maximum absolute atomic E-state index is 15.2. The number of aromatic nitrogens is 5. The second kappa shape index (κ2) is 12.9. The summed E-state index contributed by atoms with van der Waals surface area (Å²) < 4.78 is 44.7. The minimum atomic E-state index is -3.98. The van der Waals surface area contributed by atoms with Crippen LogP contribution >= 0.6 is 0 Å². The van der Waals surface area contributed by atoms with Crippen molar-refractivity contribution in [1.29, 1.82) is 0 Å². The monoisotopic (exact) mass is 645 g/mol. The molecule has 14 heteroatoms. The molecule has 0 bridgehead atoms. The number of imidazole rings is 1. The van der Waals surface area contributed by atoms with Gasteiger partial charge in [0.2, 0.25) is 5.95 Å². The molecule has 0 radical (unpaired) electrons. The van der Waals surface area contributed by atoms with Crippen molar-refractivity contribution in [1.82, 2.24) is 28.8 Å². The lowest BCUT2D eigenvalue weighted by molar-refractivity contribution is 0.478. The van der Waals surface area contributed by atoms with Gasteiger partial charge in [0.1, 0.15) is 23.0 Å². The Bertz CT molecular complexity index is 2030. The highest BCUT2D eigenvalue weighted by atomic mass is 32.2. The number of rotatable bonds is 10. The van der Waals surface area contributed by atoms with E-state index in [4.69, 9.17) is 0 Å². The first-order chi connectivity index (χ1) is 22.2. The van der Waals surface area contributed by atoms with Gasteiger partial charge in [-0.2, -0.15) is 4.98 Å². The fourth-order valence-electron chi connectivity index (χ4n) is 5.76. The average Bonchev–Trinajstić information content (AvgIpc) is 3.53. The molecule has 1 aliphatic rings. The van der Waals surface area contributed by atoms with Gasteiger partial charge in [-0.3, -0.25) is 9.36 Å². The molecule has 1 fully saturated rings. The summed E-state index contributed by atoms with van der Waals surface area (Å²) in [6.07, 6.45) is 4.34. The Kier molecular flexibility index (Phi) is 8.73. The van der Waals surface area contributed by atoms with Crippen LogP contribution in [-0.2, 0) is 16.6 Å². The van der Waals surface area contributed by atoms with Crippen LogP contribution in [0.5, 0.6) is 0 Å². The highest BCUT2D eigenvalue weighted by molar-refractivity contribution is 7.90. The number of hydrogen-bond donors (Lipinski definition) is 2. The standard InChI is InChI=1S/C32H36FN9O3S/c1-4-39(5-2)28-17-23-19-36-32(37-24-11-12-27(26(33)18-24)40-15-13-34-22(3)20-40)38-30(23)41(31(28)43)21-29-35-14-16-42(29)46(44,45)25-9-7-6-8-10-25/h6-12,14,16-19,22,34H,4-5,13,15,20-21H2,1-3H3,(H,36,37,38). The molecule has 240 valence electrons. The van der Waals surface area contributed by atoms with E-state index in [1.807, 2.05) is 23.6 Å². The molecule has 1 unspecified atom stereocenters. The van der Waals surface area contributed by atoms with Crippen LogP contribution in [-0.4, -0.2) is 70.7 Å². The summed E-state index contributed by atoms with van der Waals surface area (Å²) in [5.74, 6) is -0.0801. The van der Waals surface area contributed by atoms with Gasteiger partial charge < -0.3 is 20.4 Å². The Hall–Kier alpha value is -4.82. The number of benzene rings is 2. The maximum atomic E-state index is 15.2. The molecular formula is C32H36FN9O3S. The van der Waals surface area contributed by atoms with Crippen molar-refractivity contribution in [3.63, 3.8) is 0 Å². The first-order valence-corrected chi connectivity index (χ1v) is 16.7. The number of pyridine rings is 1. The number of nitrogens with one attached hydrogen (secondary N) is 2. The molecule has 3 aromatic heterocycles. The van der Waals surface area contributed by atoms with E-state index in [9.17, 15) is 13.2 Å². The Morgan fingerprint density at radius 2 is 1.87 bits per heavy atom. The highest BCUT2D eigenvalue weighted by Crippen LogP contribution is 2.26. The number of halogens is 1. The molecule has 4 heterocycles. The van der Waals surface area contributed by atoms with Gasteiger partial charge >= 0.3 is 0 Å². The fraction of sp³-hybridized carbons (Fsp3) is 0.312. The van der Waals surface area contributed by atoms with E-state index in [2.05, 4.69) is 32.5 Å². The van der Waals surface area contributed by atoms with Gasteiger partial charge in [0, 0.05) is 68.4 Å². The summed E-state index contributed by atoms with van der Waals surface area (Å²) in [4.78, 5) is 31.5. The second-order valence-electron chi connectivity index (χ2n) is 11.1. The summed E-state index contributed by atoms with van der Waals surface area (Å²) in [5, 5.41) is 7.00. The summed E-state index contributed by atoms with van der Waals surface area (Å²) in [6, 6.07) is 14.9. The van der Waals surface area contributed by atoms with Gasteiger partial charge in [-0.05, 0) is 57.2 Å². The lowest BCUT2D eigenvalue weighted by atomic mass is 10.2. The second-order valence-corrected chi connectivity index (χ2v) is 12.9. The average molecular weight is 646 g/mol. The first-order valence-electron chi connectivity index (χ1n) is 15.2. The lowest BCUT2D eigenvalue weighted by Crippen LogP contribution is -2.49. The summed E-state index contributed by atoms with van der Waals surface area (Å²) in [6.45, 7) is 9.16. The van der Waals surface area contributed by atoms with Crippen LogP contribution < -0.4 is 26.0 Å². The topological polar surface area (TPSA) is 130 Å². The molecule has 1 saturated heterocycles. The molecular weight excluding hydrogens is 609 g/mol. The van der Waals surface area contributed by atoms with Crippen LogP contribution in [0.15, 0.2) is 82.9 Å². The van der Waals surface area contributed by atoms with Gasteiger partial charge in [-0.15, -0.1) is 0 Å². The largest absolute Gasteiger partial charge is 0.368 e. The minimum Gasteiger partial charge on any atom is -0.368 e. The lowest BCUT2D eigenvalue weighted by Gasteiger charge is -2.33. The van der Waals surface area contributed by atoms with E-state index in [0.29, 0.717) is 48.6 Å². The van der Waals surface area contributed by atoms with Crippen molar-refractivity contribution in [2.45, 2.75) is 38.3 Å². The zero-order chi connectivity index (χ0) is 32.4. The molecule has 2 aromatic carbocycles. The van der Waals surface area contributed by atoms with Gasteiger partial charge in [-0.1, -0.05) is 18.2 Å². The van der Waals surface area contributed by atoms with E-state index < -0.39 is 10.0 Å². The van der Waals surface area contributed by atoms with E-state index in [0.717, 1.165) is 10.5 Å². The summed E-state index contributed by atoms with van der Waals surface area (Å²) in [7, 11) is -3.98. The van der Waals surface area contributed by atoms with E-state index in [1.165, 1.54) is 35.2 Å². The maximum Gasteiger partial charge on any atom is 0.276 e. The molecule has 0 saturated carbocycles. The Morgan fingerprint density at radius 1 is 1.09 bits per heavy atom. The highest BCUT2D eigenvalue weighted by Gasteiger charge is 2.23. The van der Waals surface area contributed by atoms with E-state index in [1.54, 1.807) is 42.6 Å². The van der Waals surface area contributed by atoms with Gasteiger partial charge in [-0.25, -0.2) is 26.7 Å². The third kappa shape index (κ3) is 6.05. The predicted molar refractivity (Wildman–Crippen MR) is 177 cm³/mol. The van der Waals surface area contributed by atoms with Gasteiger partial charge in [0.15, 0.2) is 0 Å². The Morgan fingerprint density at radius 3 is 2.59 bits per heavy atom. The molecule has 1 aliphatic heterocycles. The molecule has 0 aliphatic carbocycles. The summed E-state index contributed by atoms with van der Waals surface area (Å²) >= 11 is 0. The molecule has 0 amide bonds. The molecule has 0 spiro atoms. The fourth-order valence-corrected chi connectivity index (χ4v) is 7.09. The SMILES string of the molecule is CCN(CC)c1cc2cnc(Nc3ccc(N4CCNC(C)C4)c(F)c3)nc2n(Cc2nccn2S(=O)(=O)c2ccccc2)c1=O. The molecule has 1 atom stereocenters. The van der Waals surface area contributed by atoms with Crippen LogP contribution in [0, 0.1) is 5.82 Å². The van der Waals surface area contributed by atoms with Crippen LogP contribution in [0.4, 0.5) is 27.4 Å². The molecule has 5 aromatic rings. The minimum absolute atomic E-state index is 0.0990. The molecule has 46 heavy (non-hydrogen) atoms. The number of hydrogen-bond acceptors (Lipinski definition) is 10.